The molecule has 0 bridgehead atoms. The Morgan fingerprint density at radius 1 is 0.929 bits per heavy atom. The van der Waals surface area contributed by atoms with Crippen molar-refractivity contribution >= 4 is 23.1 Å². The fourth-order valence-corrected chi connectivity index (χ4v) is 3.27. The molecule has 0 aliphatic carbocycles. The van der Waals surface area contributed by atoms with Crippen LogP contribution in [-0.2, 0) is 16.1 Å². The van der Waals surface area contributed by atoms with Crippen LogP contribution >= 0.6 is 0 Å². The Labute approximate surface area is 163 Å². The van der Waals surface area contributed by atoms with Gasteiger partial charge in [-0.1, -0.05) is 42.5 Å². The second kappa shape index (κ2) is 7.19. The van der Waals surface area contributed by atoms with Crippen LogP contribution in [0.5, 0.6) is 0 Å². The van der Waals surface area contributed by atoms with Crippen molar-refractivity contribution < 1.29 is 14.0 Å². The fraction of sp³-hybridized carbons (Fsp3) is 0.130. The van der Waals surface area contributed by atoms with E-state index in [9.17, 15) is 9.59 Å². The summed E-state index contributed by atoms with van der Waals surface area (Å²) in [4.78, 5) is 27.5. The first-order valence-electron chi connectivity index (χ1n) is 9.07. The third kappa shape index (κ3) is 3.22. The number of carbonyl (C=O) groups excluding carboxylic acids is 2. The number of furan rings is 1. The Kier molecular flexibility index (Phi) is 4.57. The normalized spacial score (nSPS) is 14.1. The minimum Gasteiger partial charge on any atom is -0.467 e. The van der Waals surface area contributed by atoms with Gasteiger partial charge in [0.05, 0.1) is 18.4 Å². The Hall–Kier alpha value is -3.60. The molecule has 1 aliphatic rings. The Bertz CT molecular complexity index is 1070. The zero-order valence-corrected chi connectivity index (χ0v) is 15.7. The summed E-state index contributed by atoms with van der Waals surface area (Å²) in [5.74, 6) is -0.135. The highest BCUT2D eigenvalue weighted by Crippen LogP contribution is 2.32. The molecule has 0 spiro atoms. The lowest BCUT2D eigenvalue weighted by Crippen LogP contribution is -2.31. The highest BCUT2D eigenvalue weighted by molar-refractivity contribution is 6.36. The van der Waals surface area contributed by atoms with Crippen LogP contribution in [0.3, 0.4) is 0 Å². The van der Waals surface area contributed by atoms with E-state index in [0.29, 0.717) is 16.9 Å². The van der Waals surface area contributed by atoms with Gasteiger partial charge in [0.25, 0.3) is 11.8 Å². The number of anilines is 1. The Morgan fingerprint density at radius 2 is 1.71 bits per heavy atom. The molecule has 0 unspecified atom stereocenters. The summed E-state index contributed by atoms with van der Waals surface area (Å²) >= 11 is 0. The maximum absolute atomic E-state index is 13.2. The molecule has 1 aromatic heterocycles. The third-order valence-electron chi connectivity index (χ3n) is 4.78. The first kappa shape index (κ1) is 17.8. The van der Waals surface area contributed by atoms with Crippen molar-refractivity contribution in [2.75, 3.05) is 5.32 Å². The molecule has 140 valence electrons. The van der Waals surface area contributed by atoms with E-state index in [2.05, 4.69) is 5.32 Å². The van der Waals surface area contributed by atoms with Gasteiger partial charge in [0.15, 0.2) is 0 Å². The van der Waals surface area contributed by atoms with E-state index in [1.807, 2.05) is 62.4 Å². The standard InChI is InChI=1S/C23H20N2O3/c1-15-10-11-16(2)19(13-15)24-21-20(17-7-4-3-5-8-17)22(26)25(23(21)27)14-18-9-6-12-28-18/h3-13,24H,14H2,1-2H3. The van der Waals surface area contributed by atoms with Crippen LogP contribution in [0.4, 0.5) is 5.69 Å². The summed E-state index contributed by atoms with van der Waals surface area (Å²) in [5, 5.41) is 3.23. The van der Waals surface area contributed by atoms with Crippen LogP contribution in [-0.4, -0.2) is 16.7 Å². The molecule has 2 aromatic carbocycles. The molecule has 0 saturated carbocycles. The number of hydrogen-bond donors (Lipinski definition) is 1. The van der Waals surface area contributed by atoms with Crippen LogP contribution in [0.2, 0.25) is 0 Å². The summed E-state index contributed by atoms with van der Waals surface area (Å²) in [6, 6.07) is 18.7. The molecule has 0 atom stereocenters. The van der Waals surface area contributed by atoms with E-state index in [1.165, 1.54) is 11.2 Å². The van der Waals surface area contributed by atoms with Crippen molar-refractivity contribution in [1.82, 2.24) is 4.90 Å². The molecule has 4 rings (SSSR count). The predicted molar refractivity (Wildman–Crippen MR) is 107 cm³/mol. The van der Waals surface area contributed by atoms with Gasteiger partial charge >= 0.3 is 0 Å². The van der Waals surface area contributed by atoms with E-state index in [4.69, 9.17) is 4.42 Å². The molecule has 2 heterocycles. The summed E-state index contributed by atoms with van der Waals surface area (Å²) in [6.07, 6.45) is 1.53. The lowest BCUT2D eigenvalue weighted by atomic mass is 10.0. The average molecular weight is 372 g/mol. The monoisotopic (exact) mass is 372 g/mol. The third-order valence-corrected chi connectivity index (χ3v) is 4.78. The van der Waals surface area contributed by atoms with E-state index < -0.39 is 0 Å². The molecule has 0 saturated heterocycles. The summed E-state index contributed by atoms with van der Waals surface area (Å²) in [7, 11) is 0. The lowest BCUT2D eigenvalue weighted by molar-refractivity contribution is -0.137. The molecule has 3 aromatic rings. The number of hydrogen-bond acceptors (Lipinski definition) is 4. The van der Waals surface area contributed by atoms with Crippen LogP contribution in [0.25, 0.3) is 5.57 Å². The molecule has 0 radical (unpaired) electrons. The minimum absolute atomic E-state index is 0.0962. The zero-order valence-electron chi connectivity index (χ0n) is 15.7. The highest BCUT2D eigenvalue weighted by Gasteiger charge is 2.39. The van der Waals surface area contributed by atoms with Gasteiger partial charge in [0.2, 0.25) is 0 Å². The number of amides is 2. The largest absolute Gasteiger partial charge is 0.467 e. The number of aryl methyl sites for hydroxylation is 2. The average Bonchev–Trinajstić information content (AvgIpc) is 3.28. The van der Waals surface area contributed by atoms with E-state index in [0.717, 1.165) is 16.8 Å². The van der Waals surface area contributed by atoms with Crippen molar-refractivity contribution in [1.29, 1.82) is 0 Å². The topological polar surface area (TPSA) is 62.6 Å². The van der Waals surface area contributed by atoms with Gasteiger partial charge in [-0.05, 0) is 48.7 Å². The molecule has 0 fully saturated rings. The van der Waals surface area contributed by atoms with Crippen molar-refractivity contribution in [2.45, 2.75) is 20.4 Å². The van der Waals surface area contributed by atoms with E-state index >= 15 is 0 Å². The highest BCUT2D eigenvalue weighted by atomic mass is 16.3. The van der Waals surface area contributed by atoms with E-state index in [1.54, 1.807) is 12.1 Å². The van der Waals surface area contributed by atoms with Crippen molar-refractivity contribution in [2.24, 2.45) is 0 Å². The number of carbonyl (C=O) groups is 2. The molecule has 2 amide bonds. The molecule has 28 heavy (non-hydrogen) atoms. The number of nitrogens with one attached hydrogen (secondary N) is 1. The quantitative estimate of drug-likeness (QED) is 0.679. The molecule has 5 heteroatoms. The van der Waals surface area contributed by atoms with Crippen LogP contribution < -0.4 is 5.32 Å². The summed E-state index contributed by atoms with van der Waals surface area (Å²) in [6.45, 7) is 4.05. The van der Waals surface area contributed by atoms with Gasteiger partial charge < -0.3 is 9.73 Å². The lowest BCUT2D eigenvalue weighted by Gasteiger charge is -2.14. The maximum Gasteiger partial charge on any atom is 0.278 e. The first-order chi connectivity index (χ1) is 13.5. The van der Waals surface area contributed by atoms with E-state index in [-0.39, 0.29) is 24.1 Å². The molecular weight excluding hydrogens is 352 g/mol. The number of imide groups is 1. The van der Waals surface area contributed by atoms with Gasteiger partial charge in [0.1, 0.15) is 11.5 Å². The minimum atomic E-state index is -0.360. The second-order valence-corrected chi connectivity index (χ2v) is 6.84. The summed E-state index contributed by atoms with van der Waals surface area (Å²) in [5.41, 5.74) is 4.24. The van der Waals surface area contributed by atoms with Crippen molar-refractivity contribution in [3.63, 3.8) is 0 Å². The predicted octanol–water partition coefficient (Wildman–Crippen LogP) is 4.29. The smallest absolute Gasteiger partial charge is 0.278 e. The van der Waals surface area contributed by atoms with Gasteiger partial charge in [0, 0.05) is 5.69 Å². The van der Waals surface area contributed by atoms with Gasteiger partial charge in [-0.25, -0.2) is 0 Å². The molecule has 5 nitrogen and oxygen atoms in total. The summed E-state index contributed by atoms with van der Waals surface area (Å²) < 4.78 is 5.34. The zero-order chi connectivity index (χ0) is 19.7. The Balaban J connectivity index is 1.77. The molecule has 1 N–H and O–H groups in total. The maximum atomic E-state index is 13.2. The SMILES string of the molecule is Cc1ccc(C)c(NC2=C(c3ccccc3)C(=O)N(Cc3ccco3)C2=O)c1. The Morgan fingerprint density at radius 3 is 2.43 bits per heavy atom. The second-order valence-electron chi connectivity index (χ2n) is 6.84. The number of benzene rings is 2. The van der Waals surface area contributed by atoms with Crippen LogP contribution in [0.15, 0.2) is 77.0 Å². The first-order valence-corrected chi connectivity index (χ1v) is 9.07. The van der Waals surface area contributed by atoms with Crippen LogP contribution in [0.1, 0.15) is 22.5 Å². The van der Waals surface area contributed by atoms with Crippen molar-refractivity contribution in [3.05, 3.63) is 95.1 Å². The molecule has 1 aliphatic heterocycles. The van der Waals surface area contributed by atoms with Gasteiger partial charge in [-0.15, -0.1) is 0 Å². The van der Waals surface area contributed by atoms with Gasteiger partial charge in [-0.3, -0.25) is 14.5 Å². The number of nitrogens with zero attached hydrogens (tertiary/aromatic N) is 1. The molecular formula is C23H20N2O3. The fourth-order valence-electron chi connectivity index (χ4n) is 3.27. The number of rotatable bonds is 5. The van der Waals surface area contributed by atoms with Crippen LogP contribution in [0, 0.1) is 13.8 Å². The van der Waals surface area contributed by atoms with Gasteiger partial charge in [-0.2, -0.15) is 0 Å². The van der Waals surface area contributed by atoms with Crippen molar-refractivity contribution in [3.8, 4) is 0 Å².